The predicted molar refractivity (Wildman–Crippen MR) is 112 cm³/mol. The third-order valence-electron chi connectivity index (χ3n) is 6.54. The average Bonchev–Trinajstić information content (AvgIpc) is 3.30. The summed E-state index contributed by atoms with van der Waals surface area (Å²) < 4.78 is 12.7. The van der Waals surface area contributed by atoms with Crippen molar-refractivity contribution in [3.63, 3.8) is 0 Å². The Morgan fingerprint density at radius 2 is 1.86 bits per heavy atom. The minimum atomic E-state index is -0.354. The molecule has 0 radical (unpaired) electrons. The van der Waals surface area contributed by atoms with Gasteiger partial charge in [0.15, 0.2) is 5.79 Å². The number of aromatic nitrogens is 1. The van der Waals surface area contributed by atoms with E-state index in [4.69, 9.17) is 9.47 Å². The van der Waals surface area contributed by atoms with Gasteiger partial charge in [0.25, 0.3) is 5.91 Å². The van der Waals surface area contributed by atoms with E-state index in [0.29, 0.717) is 25.6 Å². The molecule has 6 heteroatoms. The lowest BCUT2D eigenvalue weighted by Crippen LogP contribution is -2.40. The molecular formula is C23H25BrN2O3. The number of hydrogen-bond acceptors (Lipinski definition) is 4. The topological polar surface area (TPSA) is 51.7 Å². The van der Waals surface area contributed by atoms with Gasteiger partial charge in [-0.2, -0.15) is 0 Å². The minimum absolute atomic E-state index is 0.0276. The molecular weight excluding hydrogens is 432 g/mol. The van der Waals surface area contributed by atoms with Crippen LogP contribution in [0.2, 0.25) is 0 Å². The molecule has 1 saturated carbocycles. The van der Waals surface area contributed by atoms with E-state index < -0.39 is 0 Å². The van der Waals surface area contributed by atoms with Gasteiger partial charge in [0.1, 0.15) is 0 Å². The quantitative estimate of drug-likeness (QED) is 0.678. The molecule has 1 saturated heterocycles. The Morgan fingerprint density at radius 1 is 1.10 bits per heavy atom. The third-order valence-corrected chi connectivity index (χ3v) is 7.27. The van der Waals surface area contributed by atoms with Crippen LogP contribution in [0, 0.1) is 5.92 Å². The Balaban J connectivity index is 1.36. The van der Waals surface area contributed by atoms with Crippen LogP contribution in [0.3, 0.4) is 0 Å². The first kappa shape index (κ1) is 19.2. The summed E-state index contributed by atoms with van der Waals surface area (Å²) in [5.41, 5.74) is 2.94. The number of rotatable bonds is 4. The number of halogens is 1. The van der Waals surface area contributed by atoms with Crippen LogP contribution in [-0.4, -0.2) is 41.3 Å². The van der Waals surface area contributed by atoms with Crippen molar-refractivity contribution in [2.75, 3.05) is 19.8 Å². The van der Waals surface area contributed by atoms with Crippen molar-refractivity contribution in [3.8, 4) is 0 Å². The molecule has 1 spiro atoms. The second-order valence-electron chi connectivity index (χ2n) is 8.25. The van der Waals surface area contributed by atoms with Crippen molar-refractivity contribution in [2.45, 2.75) is 43.9 Å². The highest BCUT2D eigenvalue weighted by atomic mass is 79.9. The van der Waals surface area contributed by atoms with Gasteiger partial charge in [-0.15, -0.1) is 0 Å². The highest BCUT2D eigenvalue weighted by Crippen LogP contribution is 2.42. The van der Waals surface area contributed by atoms with Crippen molar-refractivity contribution in [2.24, 2.45) is 5.92 Å². The smallest absolute Gasteiger partial charge is 0.254 e. The molecule has 5 nitrogen and oxygen atoms in total. The molecule has 1 aliphatic carbocycles. The Hall–Kier alpha value is -1.76. The van der Waals surface area contributed by atoms with Crippen LogP contribution in [0.5, 0.6) is 0 Å². The second kappa shape index (κ2) is 7.82. The van der Waals surface area contributed by atoms with Gasteiger partial charge >= 0.3 is 0 Å². The number of pyridine rings is 1. The van der Waals surface area contributed by atoms with E-state index in [1.165, 1.54) is 0 Å². The van der Waals surface area contributed by atoms with Crippen molar-refractivity contribution < 1.29 is 14.3 Å². The van der Waals surface area contributed by atoms with E-state index in [0.717, 1.165) is 53.5 Å². The van der Waals surface area contributed by atoms with E-state index >= 15 is 0 Å². The molecule has 3 heterocycles. The maximum absolute atomic E-state index is 13.3. The van der Waals surface area contributed by atoms with Crippen molar-refractivity contribution in [3.05, 3.63) is 63.9 Å². The lowest BCUT2D eigenvalue weighted by Gasteiger charge is -2.37. The average molecular weight is 457 g/mol. The summed E-state index contributed by atoms with van der Waals surface area (Å²) >= 11 is 3.62. The number of carbonyl (C=O) groups is 1. The van der Waals surface area contributed by atoms with E-state index in [1.54, 1.807) is 0 Å². The largest absolute Gasteiger partial charge is 0.348 e. The molecule has 0 bridgehead atoms. The normalized spacial score (nSPS) is 23.7. The maximum atomic E-state index is 13.3. The third kappa shape index (κ3) is 3.62. The number of nitrogens with zero attached hydrogens (tertiary/aromatic N) is 2. The van der Waals surface area contributed by atoms with Gasteiger partial charge in [-0.1, -0.05) is 18.2 Å². The summed E-state index contributed by atoms with van der Waals surface area (Å²) in [5.74, 6) is 0.264. The molecule has 2 aliphatic heterocycles. The van der Waals surface area contributed by atoms with E-state index in [2.05, 4.69) is 31.9 Å². The number of fused-ring (bicyclic) bond motifs is 1. The summed E-state index contributed by atoms with van der Waals surface area (Å²) in [5, 5.41) is 0. The predicted octanol–water partition coefficient (Wildman–Crippen LogP) is 4.52. The monoisotopic (exact) mass is 456 g/mol. The van der Waals surface area contributed by atoms with Crippen LogP contribution in [0.4, 0.5) is 0 Å². The Bertz CT molecular complexity index is 903. The lowest BCUT2D eigenvalue weighted by atomic mass is 9.84. The SMILES string of the molecule is O=C1c2ccccc2C(Cc2ncccc2Br)N1CC1CCC2(CC1)OCCO2. The Morgan fingerprint density at radius 3 is 2.62 bits per heavy atom. The highest BCUT2D eigenvalue weighted by molar-refractivity contribution is 9.10. The summed E-state index contributed by atoms with van der Waals surface area (Å²) in [6.45, 7) is 2.18. The Labute approximate surface area is 179 Å². The van der Waals surface area contributed by atoms with Gasteiger partial charge < -0.3 is 14.4 Å². The molecule has 2 fully saturated rings. The fraction of sp³-hybridized carbons (Fsp3) is 0.478. The molecule has 0 N–H and O–H groups in total. The van der Waals surface area contributed by atoms with Crippen LogP contribution in [0.25, 0.3) is 0 Å². The standard InChI is InChI=1S/C23H25BrN2O3/c24-19-6-3-11-25-20(19)14-21-17-4-1-2-5-18(17)22(27)26(21)15-16-7-9-23(10-8-16)28-12-13-29-23/h1-6,11,16,21H,7-10,12-15H2. The molecule has 152 valence electrons. The van der Waals surface area contributed by atoms with Crippen molar-refractivity contribution >= 4 is 21.8 Å². The molecule has 1 amide bonds. The molecule has 1 atom stereocenters. The van der Waals surface area contributed by atoms with Crippen molar-refractivity contribution in [1.82, 2.24) is 9.88 Å². The zero-order valence-electron chi connectivity index (χ0n) is 16.4. The summed E-state index contributed by atoms with van der Waals surface area (Å²) in [6, 6.07) is 12.0. The van der Waals surface area contributed by atoms with Gasteiger partial charge in [-0.05, 0) is 58.5 Å². The molecule has 29 heavy (non-hydrogen) atoms. The van der Waals surface area contributed by atoms with Crippen LogP contribution in [0.15, 0.2) is 47.1 Å². The van der Waals surface area contributed by atoms with Crippen LogP contribution >= 0.6 is 15.9 Å². The first-order chi connectivity index (χ1) is 14.2. The number of hydrogen-bond donors (Lipinski definition) is 0. The van der Waals surface area contributed by atoms with Crippen LogP contribution in [-0.2, 0) is 15.9 Å². The van der Waals surface area contributed by atoms with Gasteiger partial charge in [0.2, 0.25) is 0 Å². The lowest BCUT2D eigenvalue weighted by molar-refractivity contribution is -0.183. The highest BCUT2D eigenvalue weighted by Gasteiger charge is 2.43. The minimum Gasteiger partial charge on any atom is -0.348 e. The number of amides is 1. The van der Waals surface area contributed by atoms with E-state index in [-0.39, 0.29) is 17.7 Å². The molecule has 1 aromatic carbocycles. The van der Waals surface area contributed by atoms with Crippen LogP contribution in [0.1, 0.15) is 53.3 Å². The van der Waals surface area contributed by atoms with Gasteiger partial charge in [0.05, 0.1) is 24.9 Å². The maximum Gasteiger partial charge on any atom is 0.254 e. The van der Waals surface area contributed by atoms with E-state index in [1.807, 2.05) is 36.5 Å². The summed E-state index contributed by atoms with van der Waals surface area (Å²) in [4.78, 5) is 19.9. The zero-order chi connectivity index (χ0) is 19.8. The Kier molecular flexibility index (Phi) is 5.18. The number of ether oxygens (including phenoxy) is 2. The van der Waals surface area contributed by atoms with Gasteiger partial charge in [0, 0.05) is 42.0 Å². The van der Waals surface area contributed by atoms with Gasteiger partial charge in [-0.25, -0.2) is 0 Å². The summed E-state index contributed by atoms with van der Waals surface area (Å²) in [7, 11) is 0. The molecule has 2 aromatic rings. The van der Waals surface area contributed by atoms with Crippen molar-refractivity contribution in [1.29, 1.82) is 0 Å². The molecule has 1 unspecified atom stereocenters. The second-order valence-corrected chi connectivity index (χ2v) is 9.10. The van der Waals surface area contributed by atoms with Gasteiger partial charge in [-0.3, -0.25) is 9.78 Å². The molecule has 1 aromatic heterocycles. The fourth-order valence-corrected chi connectivity index (χ4v) is 5.41. The fourth-order valence-electron chi connectivity index (χ4n) is 4.99. The number of benzene rings is 1. The first-order valence-corrected chi connectivity index (χ1v) is 11.2. The van der Waals surface area contributed by atoms with E-state index in [9.17, 15) is 4.79 Å². The number of carbonyl (C=O) groups excluding carboxylic acids is 1. The molecule has 3 aliphatic rings. The zero-order valence-corrected chi connectivity index (χ0v) is 17.9. The molecule has 5 rings (SSSR count). The first-order valence-electron chi connectivity index (χ1n) is 10.4. The van der Waals surface area contributed by atoms with Crippen LogP contribution < -0.4 is 0 Å². The summed E-state index contributed by atoms with van der Waals surface area (Å²) in [6.07, 6.45) is 6.43.